The normalized spacial score (nSPS) is 15.7. The predicted molar refractivity (Wildman–Crippen MR) is 110 cm³/mol. The maximum Gasteiger partial charge on any atom is 0.246 e. The molecule has 3 rings (SSSR count). The zero-order valence-corrected chi connectivity index (χ0v) is 16.9. The van der Waals surface area contributed by atoms with Gasteiger partial charge in [0.2, 0.25) is 11.8 Å². The van der Waals surface area contributed by atoms with E-state index in [-0.39, 0.29) is 18.4 Å². The Morgan fingerprint density at radius 2 is 1.86 bits per heavy atom. The molecule has 148 valence electrons. The lowest BCUT2D eigenvalue weighted by molar-refractivity contribution is -0.141. The summed E-state index contributed by atoms with van der Waals surface area (Å²) in [6.45, 7) is 3.00. The van der Waals surface area contributed by atoms with E-state index in [1.165, 1.54) is 0 Å². The Morgan fingerprint density at radius 3 is 2.50 bits per heavy atom. The van der Waals surface area contributed by atoms with Gasteiger partial charge in [0.05, 0.1) is 12.8 Å². The van der Waals surface area contributed by atoms with Crippen LogP contribution in [0.5, 0.6) is 5.75 Å². The Morgan fingerprint density at radius 1 is 1.11 bits per heavy atom. The molecule has 1 aliphatic heterocycles. The number of carbonyl (C=O) groups is 2. The van der Waals surface area contributed by atoms with Gasteiger partial charge >= 0.3 is 0 Å². The molecule has 1 heterocycles. The maximum absolute atomic E-state index is 13.3. The number of hydrogen-bond donors (Lipinski definition) is 0. The number of methoxy groups -OCH3 is 1. The Labute approximate surface area is 166 Å². The van der Waals surface area contributed by atoms with Gasteiger partial charge in [-0.3, -0.25) is 14.5 Å². The summed E-state index contributed by atoms with van der Waals surface area (Å²) in [5.74, 6) is 0.496. The quantitative estimate of drug-likeness (QED) is 0.799. The third-order valence-electron chi connectivity index (χ3n) is 5.02. The second-order valence-corrected chi connectivity index (χ2v) is 7.26. The van der Waals surface area contributed by atoms with Crippen molar-refractivity contribution in [1.29, 1.82) is 0 Å². The molecule has 6 nitrogen and oxygen atoms in total. The molecule has 0 aromatic heterocycles. The summed E-state index contributed by atoms with van der Waals surface area (Å²) in [5, 5.41) is 0. The molecule has 1 aliphatic rings. The first-order chi connectivity index (χ1) is 13.4. The topological polar surface area (TPSA) is 53.1 Å². The van der Waals surface area contributed by atoms with Crippen LogP contribution < -0.4 is 9.64 Å². The summed E-state index contributed by atoms with van der Waals surface area (Å²) in [7, 11) is 5.36. The van der Waals surface area contributed by atoms with E-state index in [0.29, 0.717) is 18.8 Å². The number of rotatable bonds is 5. The molecule has 0 N–H and O–H groups in total. The summed E-state index contributed by atoms with van der Waals surface area (Å²) in [6.07, 6.45) is 0. The highest BCUT2D eigenvalue weighted by molar-refractivity contribution is 5.99. The molecule has 0 spiro atoms. The second kappa shape index (κ2) is 8.44. The van der Waals surface area contributed by atoms with E-state index in [4.69, 9.17) is 4.74 Å². The fraction of sp³-hybridized carbons (Fsp3) is 0.364. The number of benzene rings is 2. The van der Waals surface area contributed by atoms with Crippen LogP contribution in [0.15, 0.2) is 48.5 Å². The van der Waals surface area contributed by atoms with E-state index in [1.807, 2.05) is 74.4 Å². The summed E-state index contributed by atoms with van der Waals surface area (Å²) in [6, 6.07) is 15.0. The van der Waals surface area contributed by atoms with Crippen LogP contribution in [0.1, 0.15) is 17.2 Å². The Kier molecular flexibility index (Phi) is 5.99. The predicted octanol–water partition coefficient (Wildman–Crippen LogP) is 2.48. The van der Waals surface area contributed by atoms with Gasteiger partial charge in [0.1, 0.15) is 18.3 Å². The molecule has 28 heavy (non-hydrogen) atoms. The lowest BCUT2D eigenvalue weighted by Crippen LogP contribution is -2.54. The molecule has 1 saturated heterocycles. The molecule has 0 unspecified atom stereocenters. The number of likely N-dealkylation sites (N-methyl/N-ethyl adjacent to an activating group) is 1. The number of anilines is 1. The van der Waals surface area contributed by atoms with Crippen LogP contribution in [0.25, 0.3) is 0 Å². The number of aryl methyl sites for hydroxylation is 1. The van der Waals surface area contributed by atoms with Crippen molar-refractivity contribution in [2.75, 3.05) is 45.7 Å². The standard InChI is InChI=1S/C22H27N3O3/c1-16-8-7-9-17(14-16)21(23(2)3)22(27)24-12-13-25(20(26)15-24)18-10-5-6-11-19(18)28-4/h5-11,14,21H,12-13,15H2,1-4H3/t21-/m1/s1. The second-order valence-electron chi connectivity index (χ2n) is 7.26. The van der Waals surface area contributed by atoms with Crippen LogP contribution >= 0.6 is 0 Å². The van der Waals surface area contributed by atoms with Gasteiger partial charge in [-0.1, -0.05) is 42.0 Å². The number of nitrogens with zero attached hydrogens (tertiary/aromatic N) is 3. The number of para-hydroxylation sites is 2. The summed E-state index contributed by atoms with van der Waals surface area (Å²) in [4.78, 5) is 31.3. The first-order valence-electron chi connectivity index (χ1n) is 9.37. The Balaban J connectivity index is 1.78. The van der Waals surface area contributed by atoms with E-state index in [0.717, 1.165) is 16.8 Å². The van der Waals surface area contributed by atoms with Crippen LogP contribution in [0.3, 0.4) is 0 Å². The summed E-state index contributed by atoms with van der Waals surface area (Å²) < 4.78 is 5.38. The van der Waals surface area contributed by atoms with Crippen LogP contribution in [0.4, 0.5) is 5.69 Å². The lowest BCUT2D eigenvalue weighted by atomic mass is 10.0. The Hall–Kier alpha value is -2.86. The summed E-state index contributed by atoms with van der Waals surface area (Å²) >= 11 is 0. The van der Waals surface area contributed by atoms with Crippen molar-refractivity contribution in [2.24, 2.45) is 0 Å². The zero-order chi connectivity index (χ0) is 20.3. The molecule has 0 bridgehead atoms. The van der Waals surface area contributed by atoms with Gasteiger partial charge in [-0.15, -0.1) is 0 Å². The van der Waals surface area contributed by atoms with Crippen molar-refractivity contribution in [3.05, 3.63) is 59.7 Å². The number of ether oxygens (including phenoxy) is 1. The number of carbonyl (C=O) groups excluding carboxylic acids is 2. The largest absolute Gasteiger partial charge is 0.495 e. The van der Waals surface area contributed by atoms with Crippen LogP contribution in [0, 0.1) is 6.92 Å². The molecular weight excluding hydrogens is 354 g/mol. The average molecular weight is 381 g/mol. The molecule has 1 atom stereocenters. The zero-order valence-electron chi connectivity index (χ0n) is 16.9. The number of piperazine rings is 1. The lowest BCUT2D eigenvalue weighted by Gasteiger charge is -2.37. The van der Waals surface area contributed by atoms with Crippen molar-refractivity contribution in [3.8, 4) is 5.75 Å². The van der Waals surface area contributed by atoms with Crippen molar-refractivity contribution >= 4 is 17.5 Å². The minimum Gasteiger partial charge on any atom is -0.495 e. The van der Waals surface area contributed by atoms with E-state index in [9.17, 15) is 9.59 Å². The van der Waals surface area contributed by atoms with Crippen LogP contribution in [0.2, 0.25) is 0 Å². The first kappa shape index (κ1) is 19.9. The minimum atomic E-state index is -0.412. The van der Waals surface area contributed by atoms with Crippen LogP contribution in [-0.2, 0) is 9.59 Å². The molecule has 0 radical (unpaired) electrons. The highest BCUT2D eigenvalue weighted by Crippen LogP contribution is 2.30. The van der Waals surface area contributed by atoms with Gasteiger partial charge < -0.3 is 14.5 Å². The van der Waals surface area contributed by atoms with Gasteiger partial charge in [-0.25, -0.2) is 0 Å². The number of amides is 2. The summed E-state index contributed by atoms with van der Waals surface area (Å²) in [5.41, 5.74) is 2.79. The SMILES string of the molecule is COc1ccccc1N1CCN(C(=O)[C@@H](c2cccc(C)c2)N(C)C)CC1=O. The molecular formula is C22H27N3O3. The molecule has 1 fully saturated rings. The highest BCUT2D eigenvalue weighted by Gasteiger charge is 2.34. The monoisotopic (exact) mass is 381 g/mol. The van der Waals surface area contributed by atoms with Crippen molar-refractivity contribution < 1.29 is 14.3 Å². The van der Waals surface area contributed by atoms with Gasteiger partial charge in [0.25, 0.3) is 0 Å². The Bertz CT molecular complexity index is 866. The van der Waals surface area contributed by atoms with Gasteiger partial charge in [-0.2, -0.15) is 0 Å². The molecule has 2 amide bonds. The third kappa shape index (κ3) is 4.02. The smallest absolute Gasteiger partial charge is 0.246 e. The van der Waals surface area contributed by atoms with Crippen molar-refractivity contribution in [2.45, 2.75) is 13.0 Å². The number of hydrogen-bond acceptors (Lipinski definition) is 4. The fourth-order valence-corrected chi connectivity index (χ4v) is 3.64. The highest BCUT2D eigenvalue weighted by atomic mass is 16.5. The van der Waals surface area contributed by atoms with E-state index in [2.05, 4.69) is 0 Å². The molecule has 0 saturated carbocycles. The minimum absolute atomic E-state index is 0.0522. The molecule has 0 aliphatic carbocycles. The molecule has 2 aromatic carbocycles. The van der Waals surface area contributed by atoms with E-state index in [1.54, 1.807) is 16.9 Å². The fourth-order valence-electron chi connectivity index (χ4n) is 3.64. The third-order valence-corrected chi connectivity index (χ3v) is 5.02. The van der Waals surface area contributed by atoms with Gasteiger partial charge in [-0.05, 0) is 38.7 Å². The molecule has 6 heteroatoms. The van der Waals surface area contributed by atoms with Crippen molar-refractivity contribution in [3.63, 3.8) is 0 Å². The van der Waals surface area contributed by atoms with E-state index >= 15 is 0 Å². The van der Waals surface area contributed by atoms with Crippen LogP contribution in [-0.4, -0.2) is 62.5 Å². The van der Waals surface area contributed by atoms with E-state index < -0.39 is 6.04 Å². The maximum atomic E-state index is 13.3. The van der Waals surface area contributed by atoms with Gasteiger partial charge in [0.15, 0.2) is 0 Å². The van der Waals surface area contributed by atoms with Crippen molar-refractivity contribution in [1.82, 2.24) is 9.80 Å². The molecule has 2 aromatic rings. The first-order valence-corrected chi connectivity index (χ1v) is 9.37. The van der Waals surface area contributed by atoms with Gasteiger partial charge in [0, 0.05) is 13.1 Å². The average Bonchev–Trinajstić information content (AvgIpc) is 2.67.